The molecule has 2 N–H and O–H groups in total. The van der Waals surface area contributed by atoms with Crippen molar-refractivity contribution in [2.24, 2.45) is 0 Å². The van der Waals surface area contributed by atoms with Crippen LogP contribution in [0.2, 0.25) is 0 Å². The van der Waals surface area contributed by atoms with E-state index in [0.29, 0.717) is 0 Å². The smallest absolute Gasteiger partial charge is 0.292 e. The van der Waals surface area contributed by atoms with E-state index in [0.717, 1.165) is 31.6 Å². The summed E-state index contributed by atoms with van der Waals surface area (Å²) in [6.45, 7) is 3.27. The van der Waals surface area contributed by atoms with Crippen LogP contribution in [0.4, 0.5) is 11.4 Å². The number of nitrogens with two attached hydrogens (primary N) is 1. The number of rotatable bonds is 4. The van der Waals surface area contributed by atoms with Crippen LogP contribution in [0, 0.1) is 10.1 Å². The predicted molar refractivity (Wildman–Crippen MR) is 66.9 cm³/mol. The third kappa shape index (κ3) is 2.94. The van der Waals surface area contributed by atoms with E-state index < -0.39 is 4.92 Å². The van der Waals surface area contributed by atoms with Gasteiger partial charge in [-0.05, 0) is 44.0 Å². The molecule has 0 unspecified atom stereocenters. The van der Waals surface area contributed by atoms with E-state index >= 15 is 0 Å². The van der Waals surface area contributed by atoms with Gasteiger partial charge in [-0.3, -0.25) is 10.1 Å². The van der Waals surface area contributed by atoms with Gasteiger partial charge in [0.25, 0.3) is 5.69 Å². The lowest BCUT2D eigenvalue weighted by Gasteiger charge is -2.14. The first-order chi connectivity index (χ1) is 8.16. The number of nitrogens with zero attached hydrogens (tertiary/aromatic N) is 2. The summed E-state index contributed by atoms with van der Waals surface area (Å²) in [5.74, 6) is 0. The van der Waals surface area contributed by atoms with Gasteiger partial charge in [-0.25, -0.2) is 0 Å². The molecule has 5 heteroatoms. The van der Waals surface area contributed by atoms with Crippen molar-refractivity contribution in [1.29, 1.82) is 0 Å². The van der Waals surface area contributed by atoms with E-state index in [1.807, 2.05) is 6.07 Å². The van der Waals surface area contributed by atoms with Gasteiger partial charge in [0.15, 0.2) is 0 Å². The molecule has 1 aliphatic rings. The number of hydrogen-bond acceptors (Lipinski definition) is 4. The molecule has 1 aliphatic heterocycles. The number of hydrogen-bond donors (Lipinski definition) is 1. The van der Waals surface area contributed by atoms with Crippen molar-refractivity contribution in [3.8, 4) is 0 Å². The van der Waals surface area contributed by atoms with Crippen molar-refractivity contribution < 1.29 is 4.92 Å². The van der Waals surface area contributed by atoms with Crippen LogP contribution in [0.15, 0.2) is 18.2 Å². The van der Waals surface area contributed by atoms with Crippen molar-refractivity contribution in [3.63, 3.8) is 0 Å². The fraction of sp³-hybridized carbons (Fsp3) is 0.500. The lowest BCUT2D eigenvalue weighted by Crippen LogP contribution is -2.21. The summed E-state index contributed by atoms with van der Waals surface area (Å²) in [6.07, 6.45) is 3.38. The number of likely N-dealkylation sites (tertiary alicyclic amines) is 1. The van der Waals surface area contributed by atoms with Crippen LogP contribution in [0.3, 0.4) is 0 Å². The van der Waals surface area contributed by atoms with Gasteiger partial charge in [0.1, 0.15) is 5.69 Å². The molecule has 5 nitrogen and oxygen atoms in total. The molecule has 0 aliphatic carbocycles. The molecule has 2 rings (SSSR count). The maximum atomic E-state index is 10.7. The summed E-state index contributed by atoms with van der Waals surface area (Å²) in [6, 6.07) is 5.08. The monoisotopic (exact) mass is 235 g/mol. The Morgan fingerprint density at radius 1 is 1.35 bits per heavy atom. The highest BCUT2D eigenvalue weighted by Gasteiger charge is 2.14. The highest BCUT2D eigenvalue weighted by Crippen LogP contribution is 2.22. The molecule has 0 saturated carbocycles. The molecule has 0 radical (unpaired) electrons. The first kappa shape index (κ1) is 11.9. The Morgan fingerprint density at radius 2 is 2.06 bits per heavy atom. The van der Waals surface area contributed by atoms with E-state index in [-0.39, 0.29) is 11.4 Å². The summed E-state index contributed by atoms with van der Waals surface area (Å²) in [7, 11) is 0. The minimum absolute atomic E-state index is 0.0175. The standard InChI is InChI=1S/C12H17N3O2/c13-11-4-3-10(9-12(11)15(16)17)5-8-14-6-1-2-7-14/h3-4,9H,1-2,5-8,13H2. The van der Waals surface area contributed by atoms with E-state index in [1.54, 1.807) is 12.1 Å². The molecule has 0 aromatic heterocycles. The number of nitro benzene ring substituents is 1. The van der Waals surface area contributed by atoms with E-state index in [2.05, 4.69) is 4.90 Å². The van der Waals surface area contributed by atoms with Crippen molar-refractivity contribution in [2.45, 2.75) is 19.3 Å². The van der Waals surface area contributed by atoms with E-state index in [9.17, 15) is 10.1 Å². The molecule has 1 saturated heterocycles. The molecular formula is C12H17N3O2. The van der Waals surface area contributed by atoms with Crippen LogP contribution in [0.5, 0.6) is 0 Å². The maximum Gasteiger partial charge on any atom is 0.292 e. The number of nitrogen functional groups attached to an aromatic ring is 1. The number of anilines is 1. The second-order valence-electron chi connectivity index (χ2n) is 4.45. The summed E-state index contributed by atoms with van der Waals surface area (Å²) in [5, 5.41) is 10.7. The zero-order valence-electron chi connectivity index (χ0n) is 9.76. The van der Waals surface area contributed by atoms with Gasteiger partial charge in [0.05, 0.1) is 4.92 Å². The molecule has 0 atom stereocenters. The van der Waals surface area contributed by atoms with Gasteiger partial charge in [0.2, 0.25) is 0 Å². The average Bonchev–Trinajstić information content (AvgIpc) is 2.80. The fourth-order valence-electron chi connectivity index (χ4n) is 2.20. The van der Waals surface area contributed by atoms with Crippen molar-refractivity contribution in [1.82, 2.24) is 4.90 Å². The third-order valence-electron chi connectivity index (χ3n) is 3.21. The Morgan fingerprint density at radius 3 is 2.71 bits per heavy atom. The lowest BCUT2D eigenvalue weighted by atomic mass is 10.1. The molecule has 17 heavy (non-hydrogen) atoms. The fourth-order valence-corrected chi connectivity index (χ4v) is 2.20. The molecule has 0 spiro atoms. The average molecular weight is 235 g/mol. The predicted octanol–water partition coefficient (Wildman–Crippen LogP) is 1.82. The summed E-state index contributed by atoms with van der Waals surface area (Å²) in [5.41, 5.74) is 6.79. The van der Waals surface area contributed by atoms with Gasteiger partial charge in [-0.1, -0.05) is 6.07 Å². The SMILES string of the molecule is Nc1ccc(CCN2CCCC2)cc1[N+](=O)[O-]. The van der Waals surface area contributed by atoms with Crippen LogP contribution >= 0.6 is 0 Å². The van der Waals surface area contributed by atoms with Crippen molar-refractivity contribution >= 4 is 11.4 Å². The molecule has 1 heterocycles. The Kier molecular flexibility index (Phi) is 3.58. The Bertz CT molecular complexity index is 414. The van der Waals surface area contributed by atoms with Crippen LogP contribution in [0.25, 0.3) is 0 Å². The van der Waals surface area contributed by atoms with Crippen LogP contribution < -0.4 is 5.73 Å². The minimum atomic E-state index is -0.422. The summed E-state index contributed by atoms with van der Waals surface area (Å²) >= 11 is 0. The first-order valence-corrected chi connectivity index (χ1v) is 5.92. The molecule has 92 valence electrons. The topological polar surface area (TPSA) is 72.4 Å². The quantitative estimate of drug-likeness (QED) is 0.491. The first-order valence-electron chi connectivity index (χ1n) is 5.92. The van der Waals surface area contributed by atoms with Crippen molar-refractivity contribution in [3.05, 3.63) is 33.9 Å². The summed E-state index contributed by atoms with van der Waals surface area (Å²) < 4.78 is 0. The highest BCUT2D eigenvalue weighted by atomic mass is 16.6. The second-order valence-corrected chi connectivity index (χ2v) is 4.45. The minimum Gasteiger partial charge on any atom is -0.393 e. The molecular weight excluding hydrogens is 218 g/mol. The van der Waals surface area contributed by atoms with Gasteiger partial charge in [-0.15, -0.1) is 0 Å². The molecule has 1 aromatic carbocycles. The highest BCUT2D eigenvalue weighted by molar-refractivity contribution is 5.59. The number of benzene rings is 1. The molecule has 1 aromatic rings. The third-order valence-corrected chi connectivity index (χ3v) is 3.21. The summed E-state index contributed by atoms with van der Waals surface area (Å²) in [4.78, 5) is 12.7. The lowest BCUT2D eigenvalue weighted by molar-refractivity contribution is -0.384. The van der Waals surface area contributed by atoms with Crippen LogP contribution in [-0.4, -0.2) is 29.5 Å². The van der Waals surface area contributed by atoms with Gasteiger partial charge >= 0.3 is 0 Å². The Labute approximate surface area is 100 Å². The van der Waals surface area contributed by atoms with Gasteiger partial charge in [0, 0.05) is 12.6 Å². The van der Waals surface area contributed by atoms with Gasteiger partial charge in [-0.2, -0.15) is 0 Å². The zero-order valence-corrected chi connectivity index (χ0v) is 9.76. The number of nitro groups is 1. The molecule has 0 amide bonds. The Balaban J connectivity index is 2.00. The van der Waals surface area contributed by atoms with Crippen LogP contribution in [0.1, 0.15) is 18.4 Å². The molecule has 0 bridgehead atoms. The normalized spacial score (nSPS) is 16.2. The van der Waals surface area contributed by atoms with Gasteiger partial charge < -0.3 is 10.6 Å². The zero-order chi connectivity index (χ0) is 12.3. The van der Waals surface area contributed by atoms with E-state index in [4.69, 9.17) is 5.73 Å². The molecule has 1 fully saturated rings. The second kappa shape index (κ2) is 5.14. The van der Waals surface area contributed by atoms with Crippen molar-refractivity contribution in [2.75, 3.05) is 25.4 Å². The maximum absolute atomic E-state index is 10.7. The largest absolute Gasteiger partial charge is 0.393 e. The Hall–Kier alpha value is -1.62. The van der Waals surface area contributed by atoms with E-state index in [1.165, 1.54) is 12.8 Å². The van der Waals surface area contributed by atoms with Crippen LogP contribution in [-0.2, 0) is 6.42 Å².